The van der Waals surface area contributed by atoms with Crippen LogP contribution in [0.25, 0.3) is 0 Å². The quantitative estimate of drug-likeness (QED) is 0.749. The van der Waals surface area contributed by atoms with Crippen LogP contribution >= 0.6 is 0 Å². The van der Waals surface area contributed by atoms with Crippen molar-refractivity contribution in [3.63, 3.8) is 0 Å². The molecule has 1 unspecified atom stereocenters. The average Bonchev–Trinajstić information content (AvgIpc) is 2.45. The first-order chi connectivity index (χ1) is 11.0. The minimum Gasteiger partial charge on any atom is -0.353 e. The smallest absolute Gasteiger partial charge is 0.244 e. The molecule has 0 spiro atoms. The lowest BCUT2D eigenvalue weighted by Crippen LogP contribution is -2.56. The van der Waals surface area contributed by atoms with Crippen LogP contribution < -0.4 is 10.6 Å². The second kappa shape index (κ2) is 8.46. The van der Waals surface area contributed by atoms with E-state index in [1.807, 2.05) is 39.5 Å². The summed E-state index contributed by atoms with van der Waals surface area (Å²) in [6.07, 6.45) is 0. The van der Waals surface area contributed by atoms with E-state index in [0.29, 0.717) is 32.7 Å². The summed E-state index contributed by atoms with van der Waals surface area (Å²) < 4.78 is 0. The van der Waals surface area contributed by atoms with E-state index >= 15 is 0 Å². The van der Waals surface area contributed by atoms with Crippen molar-refractivity contribution in [1.29, 1.82) is 0 Å². The number of carbonyl (C=O) groups excluding carboxylic acids is 3. The Bertz CT molecular complexity index is 463. The predicted molar refractivity (Wildman–Crippen MR) is 93.4 cm³/mol. The van der Waals surface area contributed by atoms with E-state index in [9.17, 15) is 14.4 Å². The molecule has 1 aliphatic heterocycles. The topological polar surface area (TPSA) is 81.8 Å². The Kier molecular flexibility index (Phi) is 7.20. The van der Waals surface area contributed by atoms with Crippen LogP contribution in [0.4, 0.5) is 0 Å². The lowest BCUT2D eigenvalue weighted by molar-refractivity contribution is -0.139. The molecular formula is C17H32N4O3. The zero-order valence-corrected chi connectivity index (χ0v) is 15.8. The first-order valence-corrected chi connectivity index (χ1v) is 8.62. The van der Waals surface area contributed by atoms with E-state index < -0.39 is 11.5 Å². The summed E-state index contributed by atoms with van der Waals surface area (Å²) in [6, 6.07) is -0.403. The molecule has 0 aromatic carbocycles. The fraction of sp³-hybridized carbons (Fsp3) is 0.824. The highest BCUT2D eigenvalue weighted by atomic mass is 16.2. The van der Waals surface area contributed by atoms with Crippen LogP contribution in [0.3, 0.4) is 0 Å². The van der Waals surface area contributed by atoms with Crippen LogP contribution in [0, 0.1) is 5.41 Å². The number of hydrogen-bond acceptors (Lipinski definition) is 4. The van der Waals surface area contributed by atoms with Crippen molar-refractivity contribution < 1.29 is 14.4 Å². The molecule has 7 nitrogen and oxygen atoms in total. The molecule has 1 atom stereocenters. The lowest BCUT2D eigenvalue weighted by atomic mass is 9.95. The van der Waals surface area contributed by atoms with Gasteiger partial charge in [0, 0.05) is 37.6 Å². The normalized spacial score (nSPS) is 17.5. The first-order valence-electron chi connectivity index (χ1n) is 8.62. The van der Waals surface area contributed by atoms with Crippen LogP contribution in [0.5, 0.6) is 0 Å². The van der Waals surface area contributed by atoms with Crippen molar-refractivity contribution in [3.8, 4) is 0 Å². The number of nitrogens with one attached hydrogen (secondary N) is 2. The van der Waals surface area contributed by atoms with Gasteiger partial charge in [-0.25, -0.2) is 0 Å². The van der Waals surface area contributed by atoms with Gasteiger partial charge in [-0.15, -0.1) is 0 Å². The fourth-order valence-corrected chi connectivity index (χ4v) is 2.45. The highest BCUT2D eigenvalue weighted by Crippen LogP contribution is 2.13. The Morgan fingerprint density at radius 2 is 1.50 bits per heavy atom. The van der Waals surface area contributed by atoms with E-state index in [1.54, 1.807) is 11.8 Å². The zero-order chi connectivity index (χ0) is 18.5. The van der Waals surface area contributed by atoms with Crippen molar-refractivity contribution in [2.75, 3.05) is 32.7 Å². The standard InChI is InChI=1S/C17H32N4O3/c1-12(2)18-14(22)11-20-7-9-21(10-8-20)15(23)13(3)19-16(24)17(4,5)6/h12-13H,7-11H2,1-6H3,(H,18,22)(H,19,24). The SMILES string of the molecule is CC(C)NC(=O)CN1CCN(C(=O)C(C)NC(=O)C(C)(C)C)CC1. The van der Waals surface area contributed by atoms with E-state index in [1.165, 1.54) is 0 Å². The number of rotatable bonds is 5. The molecule has 1 heterocycles. The molecule has 24 heavy (non-hydrogen) atoms. The Hall–Kier alpha value is -1.63. The van der Waals surface area contributed by atoms with Crippen molar-refractivity contribution in [2.45, 2.75) is 53.6 Å². The van der Waals surface area contributed by atoms with E-state index in [0.717, 1.165) is 0 Å². The summed E-state index contributed by atoms with van der Waals surface area (Å²) in [5.41, 5.74) is -0.517. The molecule has 0 saturated carbocycles. The highest BCUT2D eigenvalue weighted by Gasteiger charge is 2.29. The Morgan fingerprint density at radius 3 is 1.96 bits per heavy atom. The number of amides is 3. The Labute approximate surface area is 145 Å². The molecule has 2 N–H and O–H groups in total. The molecular weight excluding hydrogens is 308 g/mol. The summed E-state index contributed by atoms with van der Waals surface area (Å²) in [4.78, 5) is 40.0. The summed E-state index contributed by atoms with van der Waals surface area (Å²) in [7, 11) is 0. The second-order valence-electron chi connectivity index (χ2n) is 7.77. The van der Waals surface area contributed by atoms with Crippen molar-refractivity contribution in [2.24, 2.45) is 5.41 Å². The summed E-state index contributed by atoms with van der Waals surface area (Å²) in [5, 5.41) is 5.64. The summed E-state index contributed by atoms with van der Waals surface area (Å²) in [5.74, 6) is -0.193. The molecule has 0 aromatic rings. The van der Waals surface area contributed by atoms with Gasteiger partial charge in [0.15, 0.2) is 0 Å². The Morgan fingerprint density at radius 1 is 0.958 bits per heavy atom. The third-order valence-corrected chi connectivity index (χ3v) is 3.90. The summed E-state index contributed by atoms with van der Waals surface area (Å²) >= 11 is 0. The van der Waals surface area contributed by atoms with Crippen molar-refractivity contribution in [1.82, 2.24) is 20.4 Å². The second-order valence-corrected chi connectivity index (χ2v) is 7.77. The van der Waals surface area contributed by atoms with E-state index in [-0.39, 0.29) is 23.8 Å². The third kappa shape index (κ3) is 6.47. The minimum atomic E-state index is -0.535. The largest absolute Gasteiger partial charge is 0.353 e. The Balaban J connectivity index is 2.42. The highest BCUT2D eigenvalue weighted by molar-refractivity contribution is 5.89. The van der Waals surface area contributed by atoms with Crippen LogP contribution in [0.1, 0.15) is 41.5 Å². The van der Waals surface area contributed by atoms with Gasteiger partial charge in [-0.05, 0) is 20.8 Å². The third-order valence-electron chi connectivity index (χ3n) is 3.90. The van der Waals surface area contributed by atoms with Gasteiger partial charge in [0.2, 0.25) is 17.7 Å². The van der Waals surface area contributed by atoms with Gasteiger partial charge < -0.3 is 15.5 Å². The van der Waals surface area contributed by atoms with Crippen molar-refractivity contribution >= 4 is 17.7 Å². The lowest BCUT2D eigenvalue weighted by Gasteiger charge is -2.36. The molecule has 0 aliphatic carbocycles. The maximum absolute atomic E-state index is 12.4. The van der Waals surface area contributed by atoms with Gasteiger partial charge in [-0.1, -0.05) is 20.8 Å². The molecule has 1 fully saturated rings. The number of carbonyl (C=O) groups is 3. The van der Waals surface area contributed by atoms with Gasteiger partial charge in [-0.3, -0.25) is 19.3 Å². The predicted octanol–water partition coefficient (Wildman–Crippen LogP) is 0.206. The molecule has 3 amide bonds. The number of piperazine rings is 1. The zero-order valence-electron chi connectivity index (χ0n) is 15.8. The number of hydrogen-bond donors (Lipinski definition) is 2. The molecule has 7 heteroatoms. The van der Waals surface area contributed by atoms with Crippen LogP contribution in [-0.4, -0.2) is 72.3 Å². The fourth-order valence-electron chi connectivity index (χ4n) is 2.45. The molecule has 1 rings (SSSR count). The van der Waals surface area contributed by atoms with Crippen LogP contribution in [0.2, 0.25) is 0 Å². The minimum absolute atomic E-state index is 0.00980. The maximum Gasteiger partial charge on any atom is 0.244 e. The maximum atomic E-state index is 12.4. The number of nitrogens with zero attached hydrogens (tertiary/aromatic N) is 2. The average molecular weight is 340 g/mol. The molecule has 0 bridgehead atoms. The van der Waals surface area contributed by atoms with Gasteiger partial charge in [0.1, 0.15) is 6.04 Å². The molecule has 0 radical (unpaired) electrons. The summed E-state index contributed by atoms with van der Waals surface area (Å²) in [6.45, 7) is 13.9. The van der Waals surface area contributed by atoms with Gasteiger partial charge in [0.25, 0.3) is 0 Å². The van der Waals surface area contributed by atoms with E-state index in [2.05, 4.69) is 10.6 Å². The molecule has 1 saturated heterocycles. The van der Waals surface area contributed by atoms with Crippen molar-refractivity contribution in [3.05, 3.63) is 0 Å². The molecule has 0 aromatic heterocycles. The first kappa shape index (κ1) is 20.4. The molecule has 138 valence electrons. The van der Waals surface area contributed by atoms with Gasteiger partial charge >= 0.3 is 0 Å². The molecule has 1 aliphatic rings. The van der Waals surface area contributed by atoms with Crippen LogP contribution in [-0.2, 0) is 14.4 Å². The van der Waals surface area contributed by atoms with Crippen LogP contribution in [0.15, 0.2) is 0 Å². The van der Waals surface area contributed by atoms with Gasteiger partial charge in [-0.2, -0.15) is 0 Å². The van der Waals surface area contributed by atoms with Gasteiger partial charge in [0.05, 0.1) is 6.54 Å². The van der Waals surface area contributed by atoms with E-state index in [4.69, 9.17) is 0 Å². The monoisotopic (exact) mass is 340 g/mol.